The van der Waals surface area contributed by atoms with Crippen LogP contribution in [-0.2, 0) is 16.6 Å². The number of anilines is 1. The number of aryl methyl sites for hydroxylation is 1. The summed E-state index contributed by atoms with van der Waals surface area (Å²) in [5.74, 6) is -0.380. The summed E-state index contributed by atoms with van der Waals surface area (Å²) in [5, 5.41) is 19.1. The summed E-state index contributed by atoms with van der Waals surface area (Å²) >= 11 is 0. The van der Waals surface area contributed by atoms with Crippen molar-refractivity contribution in [2.24, 2.45) is 17.9 Å². The summed E-state index contributed by atoms with van der Waals surface area (Å²) < 4.78 is 1.58. The van der Waals surface area contributed by atoms with Gasteiger partial charge >= 0.3 is 11.8 Å². The zero-order valence-electron chi connectivity index (χ0n) is 13.8. The predicted molar refractivity (Wildman–Crippen MR) is 84.7 cm³/mol. The molecule has 2 amide bonds. The number of nitrogens with zero attached hydrogens (tertiary/aromatic N) is 2. The lowest BCUT2D eigenvalue weighted by Gasteiger charge is -2.18. The van der Waals surface area contributed by atoms with Gasteiger partial charge in [0.2, 0.25) is 0 Å². The number of carbonyl (C=O) groups is 2. The number of aromatic nitrogens is 2. The maximum absolute atomic E-state index is 12.0. The molecule has 1 unspecified atom stereocenters. The van der Waals surface area contributed by atoms with Crippen molar-refractivity contribution < 1.29 is 14.7 Å². The molecule has 2 aliphatic carbocycles. The van der Waals surface area contributed by atoms with Crippen molar-refractivity contribution in [1.29, 1.82) is 0 Å². The van der Waals surface area contributed by atoms with Crippen LogP contribution in [0.4, 0.5) is 5.82 Å². The molecular formula is C16H24N4O3. The zero-order chi connectivity index (χ0) is 16.8. The van der Waals surface area contributed by atoms with E-state index in [2.05, 4.69) is 15.7 Å². The molecule has 0 saturated heterocycles. The van der Waals surface area contributed by atoms with Gasteiger partial charge in [-0.05, 0) is 24.7 Å². The van der Waals surface area contributed by atoms with E-state index >= 15 is 0 Å². The van der Waals surface area contributed by atoms with Crippen molar-refractivity contribution in [3.63, 3.8) is 0 Å². The fourth-order valence-electron chi connectivity index (χ4n) is 3.12. The van der Waals surface area contributed by atoms with Crippen LogP contribution in [0.1, 0.15) is 44.7 Å². The molecular weight excluding hydrogens is 296 g/mol. The Bertz CT molecular complexity index is 648. The average molecular weight is 320 g/mol. The molecule has 1 aromatic heterocycles. The van der Waals surface area contributed by atoms with E-state index in [1.807, 2.05) is 19.9 Å². The minimum Gasteiger partial charge on any atom is -0.396 e. The molecule has 2 saturated carbocycles. The fraction of sp³-hybridized carbons (Fsp3) is 0.688. The van der Waals surface area contributed by atoms with Crippen molar-refractivity contribution >= 4 is 17.6 Å². The summed E-state index contributed by atoms with van der Waals surface area (Å²) in [7, 11) is 1.74. The summed E-state index contributed by atoms with van der Waals surface area (Å²) in [6.07, 6.45) is 3.10. The second-order valence-corrected chi connectivity index (χ2v) is 7.49. The van der Waals surface area contributed by atoms with Crippen molar-refractivity contribution in [1.82, 2.24) is 15.1 Å². The van der Waals surface area contributed by atoms with Crippen molar-refractivity contribution in [3.8, 4) is 0 Å². The van der Waals surface area contributed by atoms with Gasteiger partial charge in [-0.15, -0.1) is 0 Å². The third-order valence-corrected chi connectivity index (χ3v) is 5.32. The van der Waals surface area contributed by atoms with Crippen LogP contribution >= 0.6 is 0 Å². The molecule has 2 fully saturated rings. The van der Waals surface area contributed by atoms with E-state index in [1.54, 1.807) is 11.7 Å². The Balaban J connectivity index is 1.55. The number of carbonyl (C=O) groups excluding carboxylic acids is 2. The van der Waals surface area contributed by atoms with Gasteiger partial charge in [0.1, 0.15) is 5.82 Å². The molecule has 2 aliphatic rings. The first-order chi connectivity index (χ1) is 10.8. The molecule has 0 aliphatic heterocycles. The van der Waals surface area contributed by atoms with Gasteiger partial charge in [0, 0.05) is 31.0 Å². The molecule has 1 atom stereocenters. The molecule has 0 radical (unpaired) electrons. The molecule has 3 rings (SSSR count). The third kappa shape index (κ3) is 2.97. The highest BCUT2D eigenvalue weighted by atomic mass is 16.3. The highest BCUT2D eigenvalue weighted by Gasteiger charge is 2.60. The Morgan fingerprint density at radius 1 is 1.39 bits per heavy atom. The molecule has 1 heterocycles. The van der Waals surface area contributed by atoms with E-state index in [4.69, 9.17) is 0 Å². The van der Waals surface area contributed by atoms with E-state index in [1.165, 1.54) is 0 Å². The zero-order valence-corrected chi connectivity index (χ0v) is 13.8. The molecule has 7 nitrogen and oxygen atoms in total. The van der Waals surface area contributed by atoms with Crippen LogP contribution in [0.2, 0.25) is 0 Å². The Hall–Kier alpha value is -1.89. The normalized spacial score (nSPS) is 25.0. The minimum absolute atomic E-state index is 0.00723. The standard InChI is InChI=1S/C16H24N4O3/c1-15(2)7-16(15,9-21)8-17-13(22)14(23)18-12-6-11(10-4-5-10)19-20(12)3/h6,10,21H,4-5,7-9H2,1-3H3,(H,17,22)(H,18,23). The lowest BCUT2D eigenvalue weighted by atomic mass is 9.97. The van der Waals surface area contributed by atoms with Crippen LogP contribution in [0.25, 0.3) is 0 Å². The van der Waals surface area contributed by atoms with Crippen LogP contribution in [0.15, 0.2) is 6.07 Å². The molecule has 126 valence electrons. The Labute approximate surface area is 135 Å². The summed E-state index contributed by atoms with van der Waals surface area (Å²) in [6, 6.07) is 1.82. The molecule has 0 aromatic carbocycles. The molecule has 23 heavy (non-hydrogen) atoms. The van der Waals surface area contributed by atoms with Gasteiger partial charge in [-0.3, -0.25) is 14.3 Å². The first kappa shape index (κ1) is 16.0. The van der Waals surface area contributed by atoms with Gasteiger partial charge in [-0.25, -0.2) is 0 Å². The molecule has 3 N–H and O–H groups in total. The van der Waals surface area contributed by atoms with Crippen LogP contribution < -0.4 is 10.6 Å². The monoisotopic (exact) mass is 320 g/mol. The first-order valence-corrected chi connectivity index (χ1v) is 8.02. The van der Waals surface area contributed by atoms with E-state index < -0.39 is 11.8 Å². The molecule has 0 spiro atoms. The summed E-state index contributed by atoms with van der Waals surface area (Å²) in [4.78, 5) is 24.0. The van der Waals surface area contributed by atoms with Gasteiger partial charge in [0.25, 0.3) is 0 Å². The third-order valence-electron chi connectivity index (χ3n) is 5.32. The SMILES string of the molecule is Cn1nc(C2CC2)cc1NC(=O)C(=O)NCC1(CO)CC1(C)C. The van der Waals surface area contributed by atoms with Crippen LogP contribution in [-0.4, -0.2) is 39.9 Å². The number of rotatable bonds is 5. The maximum Gasteiger partial charge on any atom is 0.314 e. The topological polar surface area (TPSA) is 96.2 Å². The molecule has 1 aromatic rings. The number of nitrogens with one attached hydrogen (secondary N) is 2. The second kappa shape index (κ2) is 5.33. The molecule has 0 bridgehead atoms. The molecule has 7 heteroatoms. The predicted octanol–water partition coefficient (Wildman–Crippen LogP) is 0.761. The second-order valence-electron chi connectivity index (χ2n) is 7.49. The van der Waals surface area contributed by atoms with E-state index in [0.29, 0.717) is 18.3 Å². The lowest BCUT2D eigenvalue weighted by Crippen LogP contribution is -2.40. The van der Waals surface area contributed by atoms with Gasteiger partial charge in [0.15, 0.2) is 0 Å². The number of aliphatic hydroxyl groups is 1. The average Bonchev–Trinajstić information content (AvgIpc) is 3.38. The van der Waals surface area contributed by atoms with Gasteiger partial charge in [-0.2, -0.15) is 5.10 Å². The fourth-order valence-corrected chi connectivity index (χ4v) is 3.12. The highest BCUT2D eigenvalue weighted by molar-refractivity contribution is 6.39. The highest BCUT2D eigenvalue weighted by Crippen LogP contribution is 2.62. The van der Waals surface area contributed by atoms with Crippen LogP contribution in [0.5, 0.6) is 0 Å². The van der Waals surface area contributed by atoms with Gasteiger partial charge in [-0.1, -0.05) is 13.8 Å². The van der Waals surface area contributed by atoms with Crippen LogP contribution in [0.3, 0.4) is 0 Å². The van der Waals surface area contributed by atoms with Gasteiger partial charge in [0.05, 0.1) is 12.3 Å². The largest absolute Gasteiger partial charge is 0.396 e. The van der Waals surface area contributed by atoms with E-state index in [-0.39, 0.29) is 17.4 Å². The summed E-state index contributed by atoms with van der Waals surface area (Å²) in [6.45, 7) is 4.41. The van der Waals surface area contributed by atoms with E-state index in [0.717, 1.165) is 25.0 Å². The quantitative estimate of drug-likeness (QED) is 0.698. The lowest BCUT2D eigenvalue weighted by molar-refractivity contribution is -0.136. The Kier molecular flexibility index (Phi) is 3.71. The van der Waals surface area contributed by atoms with Crippen LogP contribution in [0, 0.1) is 10.8 Å². The number of hydrogen-bond donors (Lipinski definition) is 3. The van der Waals surface area contributed by atoms with Crippen molar-refractivity contribution in [3.05, 3.63) is 11.8 Å². The minimum atomic E-state index is -0.707. The first-order valence-electron chi connectivity index (χ1n) is 8.02. The number of aliphatic hydroxyl groups excluding tert-OH is 1. The smallest absolute Gasteiger partial charge is 0.314 e. The van der Waals surface area contributed by atoms with Crippen molar-refractivity contribution in [2.45, 2.75) is 39.0 Å². The maximum atomic E-state index is 12.0. The Morgan fingerprint density at radius 2 is 2.04 bits per heavy atom. The van der Waals surface area contributed by atoms with Crippen molar-refractivity contribution in [2.75, 3.05) is 18.5 Å². The van der Waals surface area contributed by atoms with Gasteiger partial charge < -0.3 is 15.7 Å². The number of hydrogen-bond acceptors (Lipinski definition) is 4. The summed E-state index contributed by atoms with van der Waals surface area (Å²) in [5.41, 5.74) is 0.642. The van der Waals surface area contributed by atoms with E-state index in [9.17, 15) is 14.7 Å². The Morgan fingerprint density at radius 3 is 2.57 bits per heavy atom. The number of amides is 2.